The lowest BCUT2D eigenvalue weighted by Crippen LogP contribution is -2.21. The molecule has 142 valence electrons. The van der Waals surface area contributed by atoms with E-state index in [1.807, 2.05) is 0 Å². The molecule has 2 N–H and O–H groups in total. The van der Waals surface area contributed by atoms with Gasteiger partial charge >= 0.3 is 0 Å². The van der Waals surface area contributed by atoms with E-state index < -0.39 is 0 Å². The van der Waals surface area contributed by atoms with Crippen molar-refractivity contribution in [3.05, 3.63) is 55.2 Å². The van der Waals surface area contributed by atoms with Gasteiger partial charge in [0.25, 0.3) is 5.91 Å². The molecule has 0 bridgehead atoms. The quantitative estimate of drug-likeness (QED) is 0.651. The molecule has 0 spiro atoms. The third-order valence-electron chi connectivity index (χ3n) is 4.12. The van der Waals surface area contributed by atoms with Crippen LogP contribution in [0.5, 0.6) is 5.75 Å². The van der Waals surface area contributed by atoms with E-state index in [-0.39, 0.29) is 24.3 Å². The number of hydrogen-bond acceptors (Lipinski definition) is 6. The Morgan fingerprint density at radius 2 is 2.07 bits per heavy atom. The molecule has 2 amide bonds. The van der Waals surface area contributed by atoms with E-state index in [0.717, 1.165) is 12.8 Å². The molecule has 2 heterocycles. The predicted octanol–water partition coefficient (Wildman–Crippen LogP) is 2.03. The molecular weight excluding hydrogens is 360 g/mol. The molecule has 0 atom stereocenters. The number of rotatable bonds is 7. The maximum atomic E-state index is 12.3. The summed E-state index contributed by atoms with van der Waals surface area (Å²) in [7, 11) is 0. The summed E-state index contributed by atoms with van der Waals surface area (Å²) in [5.74, 6) is 0.743. The summed E-state index contributed by atoms with van der Waals surface area (Å²) in [5.41, 5.74) is 1.14. The van der Waals surface area contributed by atoms with Gasteiger partial charge in [0, 0.05) is 23.9 Å². The van der Waals surface area contributed by atoms with Crippen molar-refractivity contribution in [1.82, 2.24) is 19.7 Å². The molecule has 2 aromatic heterocycles. The summed E-state index contributed by atoms with van der Waals surface area (Å²) in [6.45, 7) is -0.189. The van der Waals surface area contributed by atoms with Gasteiger partial charge in [-0.15, -0.1) is 0 Å². The Balaban J connectivity index is 1.36. The fourth-order valence-corrected chi connectivity index (χ4v) is 2.58. The first-order chi connectivity index (χ1) is 13.7. The standard InChI is InChI=1S/C19H18N6O3/c26-17(24-16-5-2-8-21-18(16)25-12-20-11-22-25)10-28-15-4-1-3-14(9-15)23-19(27)13-6-7-13/h1-5,8-9,11-13H,6-7,10H2,(H,23,27)(H,24,26). The number of carbonyl (C=O) groups excluding carboxylic acids is 2. The zero-order chi connectivity index (χ0) is 19.3. The fourth-order valence-electron chi connectivity index (χ4n) is 2.58. The van der Waals surface area contributed by atoms with Crippen LogP contribution in [-0.2, 0) is 9.59 Å². The molecule has 9 nitrogen and oxygen atoms in total. The van der Waals surface area contributed by atoms with Crippen LogP contribution in [0, 0.1) is 5.92 Å². The van der Waals surface area contributed by atoms with Crippen molar-refractivity contribution in [1.29, 1.82) is 0 Å². The summed E-state index contributed by atoms with van der Waals surface area (Å²) in [6.07, 6.45) is 6.36. The third-order valence-corrected chi connectivity index (χ3v) is 4.12. The topological polar surface area (TPSA) is 111 Å². The first-order valence-corrected chi connectivity index (χ1v) is 8.82. The second-order valence-electron chi connectivity index (χ2n) is 6.34. The lowest BCUT2D eigenvalue weighted by atomic mass is 10.3. The minimum absolute atomic E-state index is 0.0205. The van der Waals surface area contributed by atoms with Crippen LogP contribution in [0.3, 0.4) is 0 Å². The molecule has 1 aliphatic rings. The SMILES string of the molecule is O=C(COc1cccc(NC(=O)C2CC2)c1)Nc1cccnc1-n1cncn1. The van der Waals surface area contributed by atoms with E-state index in [2.05, 4.69) is 25.7 Å². The summed E-state index contributed by atoms with van der Waals surface area (Å²) in [5, 5.41) is 9.63. The lowest BCUT2D eigenvalue weighted by Gasteiger charge is -2.11. The second-order valence-corrected chi connectivity index (χ2v) is 6.34. The fraction of sp³-hybridized carbons (Fsp3) is 0.211. The lowest BCUT2D eigenvalue weighted by molar-refractivity contribution is -0.118. The van der Waals surface area contributed by atoms with Crippen LogP contribution in [0.1, 0.15) is 12.8 Å². The number of aromatic nitrogens is 4. The van der Waals surface area contributed by atoms with E-state index >= 15 is 0 Å². The van der Waals surface area contributed by atoms with Crippen LogP contribution in [0.25, 0.3) is 5.82 Å². The van der Waals surface area contributed by atoms with E-state index in [9.17, 15) is 9.59 Å². The number of anilines is 2. The van der Waals surface area contributed by atoms with Gasteiger partial charge in [-0.1, -0.05) is 6.07 Å². The van der Waals surface area contributed by atoms with E-state index in [4.69, 9.17) is 4.74 Å². The zero-order valence-electron chi connectivity index (χ0n) is 14.9. The third kappa shape index (κ3) is 4.32. The Bertz CT molecular complexity index is 985. The number of nitrogens with zero attached hydrogens (tertiary/aromatic N) is 4. The van der Waals surface area contributed by atoms with Crippen LogP contribution < -0.4 is 15.4 Å². The number of hydrogen-bond donors (Lipinski definition) is 2. The number of ether oxygens (including phenoxy) is 1. The molecule has 0 aliphatic heterocycles. The van der Waals surface area contributed by atoms with Gasteiger partial charge in [-0.3, -0.25) is 9.59 Å². The minimum Gasteiger partial charge on any atom is -0.484 e. The number of pyridine rings is 1. The van der Waals surface area contributed by atoms with Gasteiger partial charge in [-0.2, -0.15) is 5.10 Å². The Labute approximate surface area is 160 Å². The highest BCUT2D eigenvalue weighted by atomic mass is 16.5. The van der Waals surface area contributed by atoms with Crippen molar-refractivity contribution in [3.63, 3.8) is 0 Å². The van der Waals surface area contributed by atoms with Crippen molar-refractivity contribution in [2.75, 3.05) is 17.2 Å². The number of amides is 2. The molecule has 0 saturated heterocycles. The summed E-state index contributed by atoms with van der Waals surface area (Å²) >= 11 is 0. The van der Waals surface area contributed by atoms with Crippen molar-refractivity contribution < 1.29 is 14.3 Å². The molecule has 1 saturated carbocycles. The molecule has 1 fully saturated rings. The van der Waals surface area contributed by atoms with Crippen molar-refractivity contribution in [2.45, 2.75) is 12.8 Å². The van der Waals surface area contributed by atoms with Crippen LogP contribution in [-0.4, -0.2) is 38.2 Å². The molecule has 28 heavy (non-hydrogen) atoms. The van der Waals surface area contributed by atoms with Crippen LogP contribution in [0.15, 0.2) is 55.2 Å². The van der Waals surface area contributed by atoms with Gasteiger partial charge < -0.3 is 15.4 Å². The minimum atomic E-state index is -0.346. The highest BCUT2D eigenvalue weighted by molar-refractivity contribution is 5.94. The summed E-state index contributed by atoms with van der Waals surface area (Å²) in [6, 6.07) is 10.4. The molecule has 9 heteroatoms. The molecule has 0 radical (unpaired) electrons. The number of carbonyl (C=O) groups is 2. The van der Waals surface area contributed by atoms with Gasteiger partial charge in [0.15, 0.2) is 12.4 Å². The van der Waals surface area contributed by atoms with Crippen molar-refractivity contribution >= 4 is 23.2 Å². The van der Waals surface area contributed by atoms with Gasteiger partial charge in [-0.25, -0.2) is 14.6 Å². The smallest absolute Gasteiger partial charge is 0.262 e. The molecule has 0 unspecified atom stereocenters. The summed E-state index contributed by atoms with van der Waals surface area (Å²) in [4.78, 5) is 32.2. The van der Waals surface area contributed by atoms with Gasteiger partial charge in [0.1, 0.15) is 18.4 Å². The maximum Gasteiger partial charge on any atom is 0.262 e. The molecule has 4 rings (SSSR count). The van der Waals surface area contributed by atoms with Crippen LogP contribution >= 0.6 is 0 Å². The van der Waals surface area contributed by atoms with Gasteiger partial charge in [0.2, 0.25) is 5.91 Å². The first-order valence-electron chi connectivity index (χ1n) is 8.82. The largest absolute Gasteiger partial charge is 0.484 e. The highest BCUT2D eigenvalue weighted by Crippen LogP contribution is 2.30. The first kappa shape index (κ1) is 17.7. The normalized spacial score (nSPS) is 13.0. The number of benzene rings is 1. The second kappa shape index (κ2) is 7.87. The van der Waals surface area contributed by atoms with Crippen molar-refractivity contribution in [2.24, 2.45) is 5.92 Å². The maximum absolute atomic E-state index is 12.3. The Hall–Kier alpha value is -3.75. The average molecular weight is 378 g/mol. The summed E-state index contributed by atoms with van der Waals surface area (Å²) < 4.78 is 7.01. The van der Waals surface area contributed by atoms with Crippen molar-refractivity contribution in [3.8, 4) is 11.6 Å². The van der Waals surface area contributed by atoms with E-state index in [0.29, 0.717) is 22.9 Å². The molecular formula is C19H18N6O3. The average Bonchev–Trinajstić information content (AvgIpc) is 3.42. The van der Waals surface area contributed by atoms with Gasteiger partial charge in [0.05, 0.1) is 5.69 Å². The Morgan fingerprint density at radius 3 is 2.86 bits per heavy atom. The number of nitrogens with one attached hydrogen (secondary N) is 2. The monoisotopic (exact) mass is 378 g/mol. The molecule has 3 aromatic rings. The Kier molecular flexibility index (Phi) is 4.96. The van der Waals surface area contributed by atoms with Gasteiger partial charge in [-0.05, 0) is 37.1 Å². The van der Waals surface area contributed by atoms with E-state index in [1.165, 1.54) is 17.3 Å². The van der Waals surface area contributed by atoms with E-state index in [1.54, 1.807) is 42.6 Å². The predicted molar refractivity (Wildman–Crippen MR) is 101 cm³/mol. The molecule has 1 aliphatic carbocycles. The van der Waals surface area contributed by atoms with Crippen LogP contribution in [0.4, 0.5) is 11.4 Å². The molecule has 1 aromatic carbocycles. The van der Waals surface area contributed by atoms with Crippen LogP contribution in [0.2, 0.25) is 0 Å². The zero-order valence-corrected chi connectivity index (χ0v) is 14.9. The highest BCUT2D eigenvalue weighted by Gasteiger charge is 2.29. The Morgan fingerprint density at radius 1 is 1.18 bits per heavy atom.